The Bertz CT molecular complexity index is 674. The van der Waals surface area contributed by atoms with Gasteiger partial charge in [0.1, 0.15) is 0 Å². The maximum atomic E-state index is 12.3. The number of hydrogen-bond donors (Lipinski definition) is 3. The number of β-amino-alcohol motifs (C(OH)–C–C–N with tert-alkyl or cyclic N) is 1. The van der Waals surface area contributed by atoms with Crippen LogP contribution < -0.4 is 10.6 Å². The first kappa shape index (κ1) is 18.4. The van der Waals surface area contributed by atoms with Gasteiger partial charge in [-0.25, -0.2) is 0 Å². The van der Waals surface area contributed by atoms with E-state index in [9.17, 15) is 9.90 Å². The fourth-order valence-corrected chi connectivity index (χ4v) is 2.83. The zero-order valence-corrected chi connectivity index (χ0v) is 14.4. The van der Waals surface area contributed by atoms with E-state index in [1.807, 2.05) is 41.9 Å². The Hall–Kier alpha value is -1.89. The number of carbonyl (C=O) groups is 1. The number of rotatable bonds is 5. The topological polar surface area (TPSA) is 79.2 Å². The largest absolute Gasteiger partial charge is 0.391 e. The van der Waals surface area contributed by atoms with E-state index in [1.54, 1.807) is 6.20 Å². The number of aliphatic hydroxyl groups is 1. The lowest BCUT2D eigenvalue weighted by molar-refractivity contribution is 0.0926. The summed E-state index contributed by atoms with van der Waals surface area (Å²) in [7, 11) is 0. The predicted molar refractivity (Wildman–Crippen MR) is 94.5 cm³/mol. The van der Waals surface area contributed by atoms with Crippen molar-refractivity contribution in [2.45, 2.75) is 19.6 Å². The molecule has 24 heavy (non-hydrogen) atoms. The first-order valence-corrected chi connectivity index (χ1v) is 7.88. The van der Waals surface area contributed by atoms with Crippen LogP contribution >= 0.6 is 12.4 Å². The van der Waals surface area contributed by atoms with E-state index >= 15 is 0 Å². The Balaban J connectivity index is 0.00000208. The van der Waals surface area contributed by atoms with Crippen LogP contribution in [-0.4, -0.2) is 46.5 Å². The van der Waals surface area contributed by atoms with Gasteiger partial charge in [0.15, 0.2) is 0 Å². The summed E-state index contributed by atoms with van der Waals surface area (Å²) in [6, 6.07) is 10.0. The van der Waals surface area contributed by atoms with Gasteiger partial charge in [-0.15, -0.1) is 12.4 Å². The highest BCUT2D eigenvalue weighted by molar-refractivity contribution is 5.95. The Morgan fingerprint density at radius 2 is 2.12 bits per heavy atom. The van der Waals surface area contributed by atoms with E-state index in [2.05, 4.69) is 15.7 Å². The highest BCUT2D eigenvalue weighted by Crippen LogP contribution is 2.11. The molecule has 2 aromatic rings. The fourth-order valence-electron chi connectivity index (χ4n) is 2.83. The number of aromatic nitrogens is 2. The molecule has 130 valence electrons. The van der Waals surface area contributed by atoms with Gasteiger partial charge >= 0.3 is 0 Å². The Kier molecular flexibility index (Phi) is 6.36. The molecule has 3 N–H and O–H groups in total. The van der Waals surface area contributed by atoms with E-state index in [0.29, 0.717) is 25.2 Å². The Morgan fingerprint density at radius 1 is 1.38 bits per heavy atom. The third-order valence-corrected chi connectivity index (χ3v) is 4.35. The van der Waals surface area contributed by atoms with Crippen LogP contribution in [0.5, 0.6) is 0 Å². The minimum absolute atomic E-state index is 0. The van der Waals surface area contributed by atoms with Gasteiger partial charge in [-0.1, -0.05) is 30.3 Å². The van der Waals surface area contributed by atoms with Gasteiger partial charge in [-0.05, 0) is 12.5 Å². The second-order valence-corrected chi connectivity index (χ2v) is 5.98. The summed E-state index contributed by atoms with van der Waals surface area (Å²) in [5, 5.41) is 20.1. The molecule has 0 spiro atoms. The standard InChI is InChI=1S/C17H22N4O2.ClH/c1-12-15(17(23)19-8-14-7-18-10-16(14)22)9-20-21(12)11-13-5-3-2-4-6-13;/h2-6,9,14,16,18,22H,7-8,10-11H2,1H3,(H,19,23);1H. The van der Waals surface area contributed by atoms with Crippen molar-refractivity contribution in [1.29, 1.82) is 0 Å². The maximum Gasteiger partial charge on any atom is 0.254 e. The molecule has 1 aromatic heterocycles. The normalized spacial score (nSPS) is 19.8. The summed E-state index contributed by atoms with van der Waals surface area (Å²) >= 11 is 0. The molecule has 1 aliphatic rings. The molecule has 2 unspecified atom stereocenters. The number of aliphatic hydroxyl groups excluding tert-OH is 1. The van der Waals surface area contributed by atoms with Gasteiger partial charge in [0.2, 0.25) is 0 Å². The van der Waals surface area contributed by atoms with Crippen molar-refractivity contribution < 1.29 is 9.90 Å². The highest BCUT2D eigenvalue weighted by Gasteiger charge is 2.25. The van der Waals surface area contributed by atoms with Crippen LogP contribution in [0.1, 0.15) is 21.6 Å². The average molecular weight is 351 g/mol. The summed E-state index contributed by atoms with van der Waals surface area (Å²) in [6.07, 6.45) is 1.22. The van der Waals surface area contributed by atoms with Crippen molar-refractivity contribution in [1.82, 2.24) is 20.4 Å². The molecule has 3 rings (SSSR count). The Labute approximate surface area is 147 Å². The highest BCUT2D eigenvalue weighted by atomic mass is 35.5. The summed E-state index contributed by atoms with van der Waals surface area (Å²) in [5.74, 6) is -0.0699. The van der Waals surface area contributed by atoms with Crippen LogP contribution in [0.4, 0.5) is 0 Å². The van der Waals surface area contributed by atoms with E-state index in [1.165, 1.54) is 0 Å². The molecule has 2 heterocycles. The van der Waals surface area contributed by atoms with Gasteiger partial charge in [-0.2, -0.15) is 5.10 Å². The van der Waals surface area contributed by atoms with E-state index < -0.39 is 6.10 Å². The molecule has 1 fully saturated rings. The van der Waals surface area contributed by atoms with Gasteiger partial charge in [0.25, 0.3) is 5.91 Å². The summed E-state index contributed by atoms with van der Waals surface area (Å²) < 4.78 is 1.83. The lowest BCUT2D eigenvalue weighted by atomic mass is 10.1. The first-order chi connectivity index (χ1) is 11.1. The van der Waals surface area contributed by atoms with Gasteiger partial charge in [0.05, 0.1) is 24.4 Å². The van der Waals surface area contributed by atoms with Crippen LogP contribution in [0, 0.1) is 12.8 Å². The third-order valence-electron chi connectivity index (χ3n) is 4.35. The van der Waals surface area contributed by atoms with Crippen molar-refractivity contribution in [3.63, 3.8) is 0 Å². The molecule has 0 radical (unpaired) electrons. The first-order valence-electron chi connectivity index (χ1n) is 7.88. The lowest BCUT2D eigenvalue weighted by Crippen LogP contribution is -2.34. The molecule has 1 amide bonds. The zero-order valence-electron chi connectivity index (χ0n) is 13.6. The molecule has 1 aliphatic heterocycles. The molecule has 7 heteroatoms. The van der Waals surface area contributed by atoms with Crippen molar-refractivity contribution in [3.05, 3.63) is 53.3 Å². The second kappa shape index (κ2) is 8.28. The fraction of sp³-hybridized carbons (Fsp3) is 0.412. The molecular weight excluding hydrogens is 328 g/mol. The molecule has 2 atom stereocenters. The van der Waals surface area contributed by atoms with Crippen LogP contribution in [0.25, 0.3) is 0 Å². The Morgan fingerprint density at radius 3 is 2.79 bits per heavy atom. The molecule has 6 nitrogen and oxygen atoms in total. The SMILES string of the molecule is Cc1c(C(=O)NCC2CNCC2O)cnn1Cc1ccccc1.Cl. The van der Waals surface area contributed by atoms with E-state index in [4.69, 9.17) is 0 Å². The third kappa shape index (κ3) is 4.14. The van der Waals surface area contributed by atoms with Crippen molar-refractivity contribution in [2.24, 2.45) is 5.92 Å². The number of nitrogens with one attached hydrogen (secondary N) is 2. The number of hydrogen-bond acceptors (Lipinski definition) is 4. The summed E-state index contributed by atoms with van der Waals surface area (Å²) in [6.45, 7) is 4.33. The molecule has 0 aliphatic carbocycles. The van der Waals surface area contributed by atoms with E-state index in [0.717, 1.165) is 17.8 Å². The maximum absolute atomic E-state index is 12.3. The van der Waals surface area contributed by atoms with Crippen LogP contribution in [0.15, 0.2) is 36.5 Å². The molecule has 1 aromatic carbocycles. The van der Waals surface area contributed by atoms with Crippen LogP contribution in [0.3, 0.4) is 0 Å². The second-order valence-electron chi connectivity index (χ2n) is 5.98. The monoisotopic (exact) mass is 350 g/mol. The molecular formula is C17H23ClN4O2. The summed E-state index contributed by atoms with van der Waals surface area (Å²) in [5.41, 5.74) is 2.57. The average Bonchev–Trinajstić information content (AvgIpc) is 3.13. The van der Waals surface area contributed by atoms with Crippen molar-refractivity contribution in [2.75, 3.05) is 19.6 Å². The number of amides is 1. The number of halogens is 1. The van der Waals surface area contributed by atoms with Crippen molar-refractivity contribution in [3.8, 4) is 0 Å². The van der Waals surface area contributed by atoms with Crippen LogP contribution in [0.2, 0.25) is 0 Å². The predicted octanol–water partition coefficient (Wildman–Crippen LogP) is 0.972. The minimum atomic E-state index is -0.391. The summed E-state index contributed by atoms with van der Waals surface area (Å²) in [4.78, 5) is 12.3. The quantitative estimate of drug-likeness (QED) is 0.751. The van der Waals surface area contributed by atoms with Gasteiger partial charge in [0, 0.05) is 31.2 Å². The van der Waals surface area contributed by atoms with Gasteiger partial charge < -0.3 is 15.7 Å². The molecule has 1 saturated heterocycles. The van der Waals surface area contributed by atoms with Crippen molar-refractivity contribution >= 4 is 18.3 Å². The lowest BCUT2D eigenvalue weighted by Gasteiger charge is -2.14. The minimum Gasteiger partial charge on any atom is -0.391 e. The number of benzene rings is 1. The van der Waals surface area contributed by atoms with E-state index in [-0.39, 0.29) is 24.2 Å². The molecule has 0 bridgehead atoms. The number of nitrogens with zero attached hydrogens (tertiary/aromatic N) is 2. The number of carbonyl (C=O) groups excluding carboxylic acids is 1. The molecule has 0 saturated carbocycles. The van der Waals surface area contributed by atoms with Gasteiger partial charge in [-0.3, -0.25) is 9.48 Å². The van der Waals surface area contributed by atoms with Crippen LogP contribution in [-0.2, 0) is 6.54 Å². The zero-order chi connectivity index (χ0) is 16.2. The smallest absolute Gasteiger partial charge is 0.254 e.